The van der Waals surface area contributed by atoms with Crippen LogP contribution in [0.5, 0.6) is 0 Å². The summed E-state index contributed by atoms with van der Waals surface area (Å²) in [5.41, 5.74) is 1.48. The van der Waals surface area contributed by atoms with Gasteiger partial charge in [0.1, 0.15) is 5.70 Å². The van der Waals surface area contributed by atoms with Gasteiger partial charge in [0.2, 0.25) is 0 Å². The van der Waals surface area contributed by atoms with Gasteiger partial charge < -0.3 is 4.90 Å². The maximum atomic E-state index is 13.6. The molecule has 1 aliphatic carbocycles. The molecule has 2 heterocycles. The third-order valence-electron chi connectivity index (χ3n) is 6.57. The second kappa shape index (κ2) is 8.98. The highest BCUT2D eigenvalue weighted by Crippen LogP contribution is 2.37. The third kappa shape index (κ3) is 3.98. The van der Waals surface area contributed by atoms with E-state index in [1.54, 1.807) is 12.1 Å². The largest absolute Gasteiger partial charge is 0.366 e. The van der Waals surface area contributed by atoms with E-state index in [1.807, 2.05) is 0 Å². The van der Waals surface area contributed by atoms with Crippen molar-refractivity contribution in [2.24, 2.45) is 0 Å². The molecular formula is C23H29N3O4. The quantitative estimate of drug-likeness (QED) is 0.420. The Morgan fingerprint density at radius 3 is 1.97 bits per heavy atom. The summed E-state index contributed by atoms with van der Waals surface area (Å²) in [5, 5.41) is 11.0. The summed E-state index contributed by atoms with van der Waals surface area (Å²) >= 11 is 0. The number of non-ortho nitro benzene ring substituents is 1. The van der Waals surface area contributed by atoms with Gasteiger partial charge in [0.25, 0.3) is 17.5 Å². The third-order valence-corrected chi connectivity index (χ3v) is 6.57. The maximum Gasteiger partial charge on any atom is 0.278 e. The van der Waals surface area contributed by atoms with Crippen LogP contribution >= 0.6 is 0 Å². The van der Waals surface area contributed by atoms with Crippen molar-refractivity contribution in [1.29, 1.82) is 0 Å². The summed E-state index contributed by atoms with van der Waals surface area (Å²) in [7, 11) is 0. The molecule has 1 saturated carbocycles. The first-order chi connectivity index (χ1) is 14.6. The minimum Gasteiger partial charge on any atom is -0.366 e. The molecule has 2 fully saturated rings. The standard InChI is InChI=1S/C23H29N3O4/c27-22-20(17-11-13-19(14-12-17)26(29)30)21(24-15-7-4-8-16-24)23(28)25(22)18-9-5-2-1-3-6-10-18/h11-14,18H,1-10,15-16H2. The number of carbonyl (C=O) groups is 2. The van der Waals surface area contributed by atoms with Gasteiger partial charge in [-0.25, -0.2) is 0 Å². The van der Waals surface area contributed by atoms with E-state index < -0.39 is 4.92 Å². The van der Waals surface area contributed by atoms with Crippen LogP contribution in [-0.2, 0) is 9.59 Å². The predicted octanol–water partition coefficient (Wildman–Crippen LogP) is 4.27. The molecule has 0 unspecified atom stereocenters. The van der Waals surface area contributed by atoms with E-state index in [9.17, 15) is 19.7 Å². The number of hydrogen-bond donors (Lipinski definition) is 0. The highest BCUT2D eigenvalue weighted by molar-refractivity contribution is 6.35. The monoisotopic (exact) mass is 411 g/mol. The van der Waals surface area contributed by atoms with Crippen LogP contribution in [0.1, 0.15) is 69.8 Å². The van der Waals surface area contributed by atoms with Crippen LogP contribution in [0.15, 0.2) is 30.0 Å². The fraction of sp³-hybridized carbons (Fsp3) is 0.565. The van der Waals surface area contributed by atoms with E-state index in [-0.39, 0.29) is 23.5 Å². The maximum absolute atomic E-state index is 13.6. The van der Waals surface area contributed by atoms with Gasteiger partial charge in [0, 0.05) is 31.3 Å². The molecular weight excluding hydrogens is 382 g/mol. The van der Waals surface area contributed by atoms with Gasteiger partial charge in [0.05, 0.1) is 10.5 Å². The van der Waals surface area contributed by atoms with Crippen molar-refractivity contribution in [1.82, 2.24) is 9.80 Å². The number of imide groups is 1. The van der Waals surface area contributed by atoms with Crippen molar-refractivity contribution < 1.29 is 14.5 Å². The van der Waals surface area contributed by atoms with Crippen LogP contribution in [0.2, 0.25) is 0 Å². The van der Waals surface area contributed by atoms with Gasteiger partial charge in [-0.1, -0.05) is 32.1 Å². The van der Waals surface area contributed by atoms with E-state index in [4.69, 9.17) is 0 Å². The summed E-state index contributed by atoms with van der Waals surface area (Å²) in [5.74, 6) is -0.416. The summed E-state index contributed by atoms with van der Waals surface area (Å²) in [6, 6.07) is 5.97. The number of benzene rings is 1. The molecule has 2 amide bonds. The normalized spacial score (nSPS) is 21.7. The Bertz CT molecular complexity index is 848. The van der Waals surface area contributed by atoms with Gasteiger partial charge in [0.15, 0.2) is 0 Å². The molecule has 3 aliphatic rings. The number of amides is 2. The molecule has 0 bridgehead atoms. The second-order valence-electron chi connectivity index (χ2n) is 8.55. The van der Waals surface area contributed by atoms with Crippen molar-refractivity contribution >= 4 is 23.1 Å². The lowest BCUT2D eigenvalue weighted by molar-refractivity contribution is -0.384. The van der Waals surface area contributed by atoms with Gasteiger partial charge in [-0.15, -0.1) is 0 Å². The van der Waals surface area contributed by atoms with E-state index in [2.05, 4.69) is 4.90 Å². The lowest BCUT2D eigenvalue weighted by Gasteiger charge is -2.31. The van der Waals surface area contributed by atoms with Crippen molar-refractivity contribution in [2.75, 3.05) is 13.1 Å². The molecule has 0 spiro atoms. The number of likely N-dealkylation sites (tertiary alicyclic amines) is 1. The first-order valence-corrected chi connectivity index (χ1v) is 11.2. The Kier molecular flexibility index (Phi) is 6.16. The van der Waals surface area contributed by atoms with Crippen molar-refractivity contribution in [3.05, 3.63) is 45.6 Å². The molecule has 2 aliphatic heterocycles. The minimum absolute atomic E-state index is 0.0208. The lowest BCUT2D eigenvalue weighted by atomic mass is 9.95. The van der Waals surface area contributed by atoms with Crippen LogP contribution in [-0.4, -0.2) is 45.7 Å². The fourth-order valence-corrected chi connectivity index (χ4v) is 4.98. The molecule has 0 radical (unpaired) electrons. The van der Waals surface area contributed by atoms with Gasteiger partial charge >= 0.3 is 0 Å². The Labute approximate surface area is 176 Å². The predicted molar refractivity (Wildman–Crippen MR) is 113 cm³/mol. The molecule has 0 aromatic heterocycles. The Morgan fingerprint density at radius 1 is 0.800 bits per heavy atom. The number of piperidine rings is 1. The molecule has 4 rings (SSSR count). The lowest BCUT2D eigenvalue weighted by Crippen LogP contribution is -2.43. The summed E-state index contributed by atoms with van der Waals surface area (Å²) in [4.78, 5) is 41.3. The number of nitro benzene ring substituents is 1. The summed E-state index contributed by atoms with van der Waals surface area (Å²) in [6.45, 7) is 1.53. The molecule has 7 nitrogen and oxygen atoms in total. The van der Waals surface area contributed by atoms with Crippen molar-refractivity contribution in [2.45, 2.75) is 70.3 Å². The van der Waals surface area contributed by atoms with Crippen LogP contribution in [0.4, 0.5) is 5.69 Å². The first kappa shape index (κ1) is 20.6. The molecule has 1 aromatic carbocycles. The summed E-state index contributed by atoms with van der Waals surface area (Å²) in [6.07, 6.45) is 10.4. The van der Waals surface area contributed by atoms with Gasteiger partial charge in [-0.05, 0) is 49.8 Å². The minimum atomic E-state index is -0.452. The Balaban J connectivity index is 1.71. The molecule has 160 valence electrons. The fourth-order valence-electron chi connectivity index (χ4n) is 4.98. The Morgan fingerprint density at radius 2 is 1.37 bits per heavy atom. The first-order valence-electron chi connectivity index (χ1n) is 11.2. The number of hydrogen-bond acceptors (Lipinski definition) is 5. The number of nitrogens with zero attached hydrogens (tertiary/aromatic N) is 3. The zero-order valence-electron chi connectivity index (χ0n) is 17.3. The molecule has 30 heavy (non-hydrogen) atoms. The van der Waals surface area contributed by atoms with E-state index in [1.165, 1.54) is 23.5 Å². The smallest absolute Gasteiger partial charge is 0.278 e. The average Bonchev–Trinajstić information content (AvgIpc) is 2.99. The molecule has 1 aromatic rings. The molecule has 7 heteroatoms. The molecule has 0 N–H and O–H groups in total. The topological polar surface area (TPSA) is 83.8 Å². The number of carbonyl (C=O) groups excluding carboxylic acids is 2. The highest BCUT2D eigenvalue weighted by atomic mass is 16.6. The van der Waals surface area contributed by atoms with Gasteiger partial charge in [-0.3, -0.25) is 24.6 Å². The van der Waals surface area contributed by atoms with Crippen LogP contribution in [0, 0.1) is 10.1 Å². The zero-order chi connectivity index (χ0) is 21.1. The number of nitro groups is 1. The Hall–Kier alpha value is -2.70. The van der Waals surface area contributed by atoms with E-state index in [0.29, 0.717) is 16.8 Å². The van der Waals surface area contributed by atoms with Crippen molar-refractivity contribution in [3.63, 3.8) is 0 Å². The molecule has 0 atom stereocenters. The van der Waals surface area contributed by atoms with E-state index >= 15 is 0 Å². The van der Waals surface area contributed by atoms with Crippen LogP contribution < -0.4 is 0 Å². The van der Waals surface area contributed by atoms with Crippen molar-refractivity contribution in [3.8, 4) is 0 Å². The second-order valence-corrected chi connectivity index (χ2v) is 8.55. The van der Waals surface area contributed by atoms with Crippen LogP contribution in [0.3, 0.4) is 0 Å². The average molecular weight is 412 g/mol. The van der Waals surface area contributed by atoms with Crippen LogP contribution in [0.25, 0.3) is 5.57 Å². The zero-order valence-corrected chi connectivity index (χ0v) is 17.3. The number of rotatable bonds is 4. The summed E-state index contributed by atoms with van der Waals surface area (Å²) < 4.78 is 0. The van der Waals surface area contributed by atoms with Gasteiger partial charge in [-0.2, -0.15) is 0 Å². The highest BCUT2D eigenvalue weighted by Gasteiger charge is 2.44. The SMILES string of the molecule is O=C1C(c2ccc([N+](=O)[O-])cc2)=C(N2CCCCC2)C(=O)N1C1CCCCCCC1. The van der Waals surface area contributed by atoms with E-state index in [0.717, 1.165) is 70.9 Å². The molecule has 1 saturated heterocycles.